The van der Waals surface area contributed by atoms with Gasteiger partial charge in [-0.25, -0.2) is 9.97 Å². The van der Waals surface area contributed by atoms with Crippen LogP contribution >= 0.6 is 0 Å². The van der Waals surface area contributed by atoms with Crippen molar-refractivity contribution < 1.29 is 4.74 Å². The lowest BCUT2D eigenvalue weighted by Crippen LogP contribution is -2.35. The van der Waals surface area contributed by atoms with Gasteiger partial charge in [0.25, 0.3) is 0 Å². The van der Waals surface area contributed by atoms with Gasteiger partial charge in [0.05, 0.1) is 12.3 Å². The first-order chi connectivity index (χ1) is 11.3. The molecule has 4 rings (SSSR count). The monoisotopic (exact) mass is 314 g/mol. The Labute approximate surface area is 137 Å². The molecule has 0 bridgehead atoms. The fourth-order valence-corrected chi connectivity index (χ4v) is 3.99. The molecule has 0 spiro atoms. The van der Waals surface area contributed by atoms with Gasteiger partial charge in [0.2, 0.25) is 0 Å². The lowest BCUT2D eigenvalue weighted by Gasteiger charge is -2.35. The van der Waals surface area contributed by atoms with Crippen LogP contribution in [0.25, 0.3) is 11.2 Å². The quantitative estimate of drug-likeness (QED) is 0.873. The maximum atomic E-state index is 5.96. The van der Waals surface area contributed by atoms with Crippen LogP contribution in [0.5, 0.6) is 0 Å². The Balaban J connectivity index is 1.71. The number of rotatable bonds is 3. The number of pyridine rings is 1. The van der Waals surface area contributed by atoms with Gasteiger partial charge in [0, 0.05) is 19.2 Å². The summed E-state index contributed by atoms with van der Waals surface area (Å²) in [7, 11) is 2.22. The topological polar surface area (TPSA) is 43.2 Å². The van der Waals surface area contributed by atoms with Gasteiger partial charge in [0.15, 0.2) is 5.65 Å². The van der Waals surface area contributed by atoms with Crippen molar-refractivity contribution >= 4 is 11.2 Å². The molecule has 5 heteroatoms. The number of piperidine rings is 1. The second kappa shape index (κ2) is 6.57. The number of nitrogens with zero attached hydrogens (tertiary/aromatic N) is 4. The summed E-state index contributed by atoms with van der Waals surface area (Å²) >= 11 is 0. The molecule has 0 amide bonds. The first-order valence-electron chi connectivity index (χ1n) is 8.96. The van der Waals surface area contributed by atoms with Crippen molar-refractivity contribution in [3.05, 3.63) is 24.2 Å². The number of aromatic nitrogens is 3. The van der Waals surface area contributed by atoms with E-state index < -0.39 is 0 Å². The first-order valence-corrected chi connectivity index (χ1v) is 8.96. The molecule has 2 aromatic heterocycles. The molecule has 0 saturated carbocycles. The lowest BCUT2D eigenvalue weighted by molar-refractivity contribution is 0.0139. The molecule has 2 fully saturated rings. The van der Waals surface area contributed by atoms with Gasteiger partial charge in [-0.2, -0.15) is 0 Å². The van der Waals surface area contributed by atoms with Crippen molar-refractivity contribution in [2.45, 2.75) is 57.2 Å². The van der Waals surface area contributed by atoms with Crippen LogP contribution in [0.2, 0.25) is 0 Å². The molecule has 0 radical (unpaired) electrons. The molecule has 2 atom stereocenters. The standard InChI is InChI=1S/C18H26N4O/c1-21-11-4-2-9-17(21)22-16(13-14-7-3-5-12-23-14)20-15-8-6-10-19-18(15)22/h6,8,10,14,17H,2-5,7,9,11-13H2,1H3. The molecule has 2 aliphatic heterocycles. The summed E-state index contributed by atoms with van der Waals surface area (Å²) in [5.41, 5.74) is 2.04. The highest BCUT2D eigenvalue weighted by molar-refractivity contribution is 5.71. The summed E-state index contributed by atoms with van der Waals surface area (Å²) < 4.78 is 8.34. The zero-order chi connectivity index (χ0) is 15.6. The lowest BCUT2D eigenvalue weighted by atomic mass is 10.1. The Morgan fingerprint density at radius 1 is 1.22 bits per heavy atom. The van der Waals surface area contributed by atoms with E-state index in [-0.39, 0.29) is 0 Å². The van der Waals surface area contributed by atoms with Gasteiger partial charge in [-0.05, 0) is 64.3 Å². The van der Waals surface area contributed by atoms with E-state index >= 15 is 0 Å². The van der Waals surface area contributed by atoms with Crippen molar-refractivity contribution in [1.29, 1.82) is 0 Å². The fraction of sp³-hybridized carbons (Fsp3) is 0.667. The van der Waals surface area contributed by atoms with Crippen LogP contribution in [-0.4, -0.2) is 45.7 Å². The minimum absolute atomic E-state index is 0.313. The average Bonchev–Trinajstić information content (AvgIpc) is 2.94. The third-order valence-electron chi connectivity index (χ3n) is 5.24. The van der Waals surface area contributed by atoms with Crippen LogP contribution in [0.15, 0.2) is 18.3 Å². The van der Waals surface area contributed by atoms with Gasteiger partial charge < -0.3 is 4.74 Å². The Hall–Kier alpha value is -1.46. The van der Waals surface area contributed by atoms with E-state index in [1.165, 1.54) is 32.1 Å². The molecule has 0 N–H and O–H groups in total. The third kappa shape index (κ3) is 3.00. The maximum absolute atomic E-state index is 5.96. The summed E-state index contributed by atoms with van der Waals surface area (Å²) in [4.78, 5) is 12.0. The molecule has 0 aromatic carbocycles. The first kappa shape index (κ1) is 15.1. The molecule has 0 aliphatic carbocycles. The second-order valence-electron chi connectivity index (χ2n) is 6.89. The molecule has 2 unspecified atom stereocenters. The van der Waals surface area contributed by atoms with Crippen molar-refractivity contribution in [2.75, 3.05) is 20.2 Å². The summed E-state index contributed by atoms with van der Waals surface area (Å²) in [5, 5.41) is 0. The highest BCUT2D eigenvalue weighted by atomic mass is 16.5. The Morgan fingerprint density at radius 3 is 2.96 bits per heavy atom. The Kier molecular flexibility index (Phi) is 4.31. The highest BCUT2D eigenvalue weighted by Crippen LogP contribution is 2.30. The van der Waals surface area contributed by atoms with Crippen LogP contribution in [0, 0.1) is 0 Å². The van der Waals surface area contributed by atoms with Gasteiger partial charge in [0.1, 0.15) is 11.3 Å². The minimum Gasteiger partial charge on any atom is -0.378 e. The minimum atomic E-state index is 0.313. The van der Waals surface area contributed by atoms with E-state index in [1.807, 2.05) is 12.3 Å². The molecule has 124 valence electrons. The summed E-state index contributed by atoms with van der Waals surface area (Å²) in [6.45, 7) is 2.04. The van der Waals surface area contributed by atoms with Crippen LogP contribution < -0.4 is 0 Å². The smallest absolute Gasteiger partial charge is 0.161 e. The van der Waals surface area contributed by atoms with E-state index in [2.05, 4.69) is 27.6 Å². The van der Waals surface area contributed by atoms with Gasteiger partial charge in [-0.15, -0.1) is 0 Å². The molecule has 2 aromatic rings. The number of imidazole rings is 1. The van der Waals surface area contributed by atoms with Gasteiger partial charge >= 0.3 is 0 Å². The molecule has 23 heavy (non-hydrogen) atoms. The van der Waals surface area contributed by atoms with Crippen molar-refractivity contribution in [2.24, 2.45) is 0 Å². The zero-order valence-corrected chi connectivity index (χ0v) is 13.9. The summed E-state index contributed by atoms with van der Waals surface area (Å²) in [5.74, 6) is 1.14. The molecular formula is C18H26N4O. The van der Waals surface area contributed by atoms with E-state index in [0.717, 1.165) is 43.0 Å². The van der Waals surface area contributed by atoms with E-state index in [0.29, 0.717) is 12.3 Å². The summed E-state index contributed by atoms with van der Waals surface area (Å²) in [6, 6.07) is 4.05. The van der Waals surface area contributed by atoms with Gasteiger partial charge in [-0.3, -0.25) is 9.47 Å². The molecular weight excluding hydrogens is 288 g/mol. The SMILES string of the molecule is CN1CCCCC1n1c(CC2CCCCO2)nc2cccnc21. The Bertz CT molecular complexity index is 662. The Morgan fingerprint density at radius 2 is 2.13 bits per heavy atom. The zero-order valence-electron chi connectivity index (χ0n) is 13.9. The van der Waals surface area contributed by atoms with Crippen LogP contribution in [0.4, 0.5) is 0 Å². The van der Waals surface area contributed by atoms with E-state index in [1.54, 1.807) is 0 Å². The average molecular weight is 314 g/mol. The largest absolute Gasteiger partial charge is 0.378 e. The predicted molar refractivity (Wildman–Crippen MR) is 90.3 cm³/mol. The molecule has 2 aliphatic rings. The molecule has 2 saturated heterocycles. The highest BCUT2D eigenvalue weighted by Gasteiger charge is 2.27. The van der Waals surface area contributed by atoms with Crippen LogP contribution in [-0.2, 0) is 11.2 Å². The second-order valence-corrected chi connectivity index (χ2v) is 6.89. The third-order valence-corrected chi connectivity index (χ3v) is 5.24. The maximum Gasteiger partial charge on any atom is 0.161 e. The summed E-state index contributed by atoms with van der Waals surface area (Å²) in [6.07, 6.45) is 10.8. The fourth-order valence-electron chi connectivity index (χ4n) is 3.99. The number of ether oxygens (including phenoxy) is 1. The van der Waals surface area contributed by atoms with Gasteiger partial charge in [-0.1, -0.05) is 0 Å². The van der Waals surface area contributed by atoms with Crippen molar-refractivity contribution in [3.63, 3.8) is 0 Å². The predicted octanol–water partition coefficient (Wildman–Crippen LogP) is 3.16. The number of fused-ring (bicyclic) bond motifs is 1. The number of hydrogen-bond donors (Lipinski definition) is 0. The number of likely N-dealkylation sites (tertiary alicyclic amines) is 1. The molecule has 5 nitrogen and oxygen atoms in total. The molecule has 4 heterocycles. The van der Waals surface area contributed by atoms with Crippen molar-refractivity contribution in [3.8, 4) is 0 Å². The van der Waals surface area contributed by atoms with Crippen LogP contribution in [0.3, 0.4) is 0 Å². The normalized spacial score (nSPS) is 26.7. The van der Waals surface area contributed by atoms with Crippen LogP contribution in [0.1, 0.15) is 50.5 Å². The van der Waals surface area contributed by atoms with E-state index in [9.17, 15) is 0 Å². The van der Waals surface area contributed by atoms with E-state index in [4.69, 9.17) is 9.72 Å². The number of hydrogen-bond acceptors (Lipinski definition) is 4. The van der Waals surface area contributed by atoms with Crippen molar-refractivity contribution in [1.82, 2.24) is 19.4 Å².